The van der Waals surface area contributed by atoms with Gasteiger partial charge in [-0.1, -0.05) is 20.3 Å². The third kappa shape index (κ3) is 3.28. The molecule has 0 aliphatic heterocycles. The van der Waals surface area contributed by atoms with Gasteiger partial charge in [0, 0.05) is 21.8 Å². The van der Waals surface area contributed by atoms with Crippen molar-refractivity contribution in [3.05, 3.63) is 21.4 Å². The molecule has 2 atom stereocenters. The first-order valence-corrected chi connectivity index (χ1v) is 9.23. The number of rotatable bonds is 3. The van der Waals surface area contributed by atoms with E-state index in [0.717, 1.165) is 0 Å². The molecule has 0 spiro atoms. The molecule has 0 aromatic carbocycles. The van der Waals surface area contributed by atoms with Crippen molar-refractivity contribution in [2.45, 2.75) is 84.2 Å². The van der Waals surface area contributed by atoms with Gasteiger partial charge in [0.1, 0.15) is 0 Å². The lowest BCUT2D eigenvalue weighted by molar-refractivity contribution is 0.191. The number of hydrogen-bond acceptors (Lipinski definition) is 2. The average molecular weight is 292 g/mol. The lowest BCUT2D eigenvalue weighted by Gasteiger charge is -2.37. The van der Waals surface area contributed by atoms with Gasteiger partial charge in [0.15, 0.2) is 0 Å². The smallest absolute Gasteiger partial charge is 0.0388 e. The zero-order valence-electron chi connectivity index (χ0n) is 13.3. The fraction of sp³-hybridized carbons (Fsp3) is 0.778. The van der Waals surface area contributed by atoms with Crippen molar-refractivity contribution < 1.29 is 0 Å². The second kappa shape index (κ2) is 5.81. The maximum absolute atomic E-state index is 3.91. The molecule has 2 aliphatic carbocycles. The SMILES string of the molecule is CC(NC1CCCC(C)(C)C1)c1cc2c(s1)CCCC2. The van der Waals surface area contributed by atoms with Gasteiger partial charge in [-0.05, 0) is 68.9 Å². The van der Waals surface area contributed by atoms with Gasteiger partial charge >= 0.3 is 0 Å². The molecule has 1 aromatic rings. The summed E-state index contributed by atoms with van der Waals surface area (Å²) in [6, 6.07) is 3.74. The van der Waals surface area contributed by atoms with Crippen LogP contribution < -0.4 is 5.32 Å². The molecule has 20 heavy (non-hydrogen) atoms. The van der Waals surface area contributed by atoms with Crippen molar-refractivity contribution in [1.29, 1.82) is 0 Å². The van der Waals surface area contributed by atoms with E-state index < -0.39 is 0 Å². The minimum atomic E-state index is 0.532. The molecule has 1 nitrogen and oxygen atoms in total. The van der Waals surface area contributed by atoms with E-state index in [1.165, 1.54) is 51.4 Å². The monoisotopic (exact) mass is 291 g/mol. The summed E-state index contributed by atoms with van der Waals surface area (Å²) in [4.78, 5) is 3.24. The first-order chi connectivity index (χ1) is 9.53. The highest BCUT2D eigenvalue weighted by Gasteiger charge is 2.29. The summed E-state index contributed by atoms with van der Waals surface area (Å²) in [5.74, 6) is 0. The van der Waals surface area contributed by atoms with Gasteiger partial charge in [-0.25, -0.2) is 0 Å². The molecule has 1 aromatic heterocycles. The summed E-state index contributed by atoms with van der Waals surface area (Å²) < 4.78 is 0. The van der Waals surface area contributed by atoms with Crippen molar-refractivity contribution in [2.75, 3.05) is 0 Å². The van der Waals surface area contributed by atoms with Crippen molar-refractivity contribution in [3.8, 4) is 0 Å². The van der Waals surface area contributed by atoms with E-state index in [4.69, 9.17) is 0 Å². The molecular weight excluding hydrogens is 262 g/mol. The summed E-state index contributed by atoms with van der Waals surface area (Å²) in [5.41, 5.74) is 2.18. The Morgan fingerprint density at radius 2 is 2.05 bits per heavy atom. The van der Waals surface area contributed by atoms with E-state index in [1.54, 1.807) is 15.3 Å². The Labute approximate surface area is 128 Å². The van der Waals surface area contributed by atoms with Crippen molar-refractivity contribution in [2.24, 2.45) is 5.41 Å². The zero-order valence-corrected chi connectivity index (χ0v) is 14.1. The lowest BCUT2D eigenvalue weighted by atomic mass is 9.75. The topological polar surface area (TPSA) is 12.0 Å². The van der Waals surface area contributed by atoms with Crippen molar-refractivity contribution >= 4 is 11.3 Å². The van der Waals surface area contributed by atoms with Crippen LogP contribution in [0.25, 0.3) is 0 Å². The van der Waals surface area contributed by atoms with Gasteiger partial charge in [-0.2, -0.15) is 0 Å². The fourth-order valence-corrected chi connectivity index (χ4v) is 5.27. The largest absolute Gasteiger partial charge is 0.307 e. The van der Waals surface area contributed by atoms with Crippen LogP contribution >= 0.6 is 11.3 Å². The number of thiophene rings is 1. The molecule has 2 heteroatoms. The van der Waals surface area contributed by atoms with Gasteiger partial charge in [0.2, 0.25) is 0 Å². The predicted octanol–water partition coefficient (Wildman–Crippen LogP) is 5.25. The molecule has 1 saturated carbocycles. The maximum atomic E-state index is 3.91. The molecule has 2 unspecified atom stereocenters. The minimum Gasteiger partial charge on any atom is -0.307 e. The Bertz CT molecular complexity index is 436. The van der Waals surface area contributed by atoms with Crippen molar-refractivity contribution in [3.63, 3.8) is 0 Å². The Morgan fingerprint density at radius 3 is 2.80 bits per heavy atom. The highest BCUT2D eigenvalue weighted by molar-refractivity contribution is 7.12. The normalized spacial score (nSPS) is 27.1. The minimum absolute atomic E-state index is 0.532. The van der Waals surface area contributed by atoms with Crippen molar-refractivity contribution in [1.82, 2.24) is 5.32 Å². The summed E-state index contributed by atoms with van der Waals surface area (Å²) in [7, 11) is 0. The fourth-order valence-electron chi connectivity index (χ4n) is 4.00. The third-order valence-corrected chi connectivity index (χ3v) is 6.55. The maximum Gasteiger partial charge on any atom is 0.0388 e. The van der Waals surface area contributed by atoms with Crippen LogP contribution in [0.5, 0.6) is 0 Å². The molecule has 112 valence electrons. The quantitative estimate of drug-likeness (QED) is 0.802. The number of aryl methyl sites for hydroxylation is 2. The molecule has 0 radical (unpaired) electrons. The Balaban J connectivity index is 1.64. The molecule has 0 bridgehead atoms. The number of hydrogen-bond donors (Lipinski definition) is 1. The van der Waals surface area contributed by atoms with Gasteiger partial charge in [0.05, 0.1) is 0 Å². The first kappa shape index (κ1) is 14.6. The summed E-state index contributed by atoms with van der Waals surface area (Å²) in [5, 5.41) is 3.91. The number of nitrogens with one attached hydrogen (secondary N) is 1. The van der Waals surface area contributed by atoms with Gasteiger partial charge < -0.3 is 5.32 Å². The van der Waals surface area contributed by atoms with E-state index >= 15 is 0 Å². The predicted molar refractivity (Wildman–Crippen MR) is 88.5 cm³/mol. The molecule has 1 N–H and O–H groups in total. The highest BCUT2D eigenvalue weighted by Crippen LogP contribution is 2.37. The first-order valence-electron chi connectivity index (χ1n) is 8.41. The van der Waals surface area contributed by atoms with Crippen LogP contribution in [-0.2, 0) is 12.8 Å². The Kier molecular flexibility index (Phi) is 4.24. The van der Waals surface area contributed by atoms with Crippen LogP contribution in [0.4, 0.5) is 0 Å². The molecule has 1 fully saturated rings. The van der Waals surface area contributed by atoms with E-state index in [0.29, 0.717) is 17.5 Å². The third-order valence-electron chi connectivity index (χ3n) is 5.13. The zero-order chi connectivity index (χ0) is 14.2. The van der Waals surface area contributed by atoms with E-state index in [1.807, 2.05) is 0 Å². The lowest BCUT2D eigenvalue weighted by Crippen LogP contribution is -2.38. The average Bonchev–Trinajstić information content (AvgIpc) is 2.81. The van der Waals surface area contributed by atoms with Crippen LogP contribution in [0.3, 0.4) is 0 Å². The molecule has 1 heterocycles. The summed E-state index contributed by atoms with van der Waals surface area (Å²) >= 11 is 2.07. The van der Waals surface area contributed by atoms with Crippen LogP contribution in [0, 0.1) is 5.41 Å². The highest BCUT2D eigenvalue weighted by atomic mass is 32.1. The molecule has 0 saturated heterocycles. The van der Waals surface area contributed by atoms with Gasteiger partial charge in [0.25, 0.3) is 0 Å². The second-order valence-electron chi connectivity index (χ2n) is 7.65. The Morgan fingerprint density at radius 1 is 1.25 bits per heavy atom. The molecule has 2 aliphatic rings. The van der Waals surface area contributed by atoms with Gasteiger partial charge in [-0.15, -0.1) is 11.3 Å². The molecule has 3 rings (SSSR count). The van der Waals surface area contributed by atoms with Gasteiger partial charge in [-0.3, -0.25) is 0 Å². The summed E-state index contributed by atoms with van der Waals surface area (Å²) in [6.45, 7) is 7.21. The second-order valence-corrected chi connectivity index (χ2v) is 8.82. The van der Waals surface area contributed by atoms with Crippen LogP contribution in [-0.4, -0.2) is 6.04 Å². The standard InChI is InChI=1S/C18H29NS/c1-13(19-15-8-6-10-18(2,3)12-15)17-11-14-7-4-5-9-16(14)20-17/h11,13,15,19H,4-10,12H2,1-3H3. The van der Waals surface area contributed by atoms with E-state index in [-0.39, 0.29) is 0 Å². The van der Waals surface area contributed by atoms with Crippen LogP contribution in [0.2, 0.25) is 0 Å². The Hall–Kier alpha value is -0.340. The summed E-state index contributed by atoms with van der Waals surface area (Å²) in [6.07, 6.45) is 10.9. The van der Waals surface area contributed by atoms with E-state index in [2.05, 4.69) is 43.5 Å². The van der Waals surface area contributed by atoms with E-state index in [9.17, 15) is 0 Å². The molecule has 0 amide bonds. The number of fused-ring (bicyclic) bond motifs is 1. The van der Waals surface area contributed by atoms with Crippen LogP contribution in [0.15, 0.2) is 6.07 Å². The van der Waals surface area contributed by atoms with Crippen LogP contribution in [0.1, 0.15) is 80.7 Å². The molecular formula is C18H29NS.